The average molecular weight is 463 g/mol. The first-order valence-corrected chi connectivity index (χ1v) is 12.3. The number of hydrogen-bond acceptors (Lipinski definition) is 6. The Hall–Kier alpha value is -3.02. The Labute approximate surface area is 199 Å². The normalized spacial score (nSPS) is 34.5. The van der Waals surface area contributed by atoms with E-state index in [4.69, 9.17) is 18.9 Å². The van der Waals surface area contributed by atoms with E-state index in [1.165, 1.54) is 19.3 Å². The van der Waals surface area contributed by atoms with Gasteiger partial charge in [-0.3, -0.25) is 0 Å². The lowest BCUT2D eigenvalue weighted by Crippen LogP contribution is -2.48. The van der Waals surface area contributed by atoms with Crippen molar-refractivity contribution in [3.63, 3.8) is 0 Å². The SMILES string of the molecule is COc1ccc(C(=O)OC2C3CC(C2OC(=O)c2ccc(OC)cc2)C2C4CCC(C4)C32)cc1. The Morgan fingerprint density at radius 3 is 1.44 bits per heavy atom. The molecule has 4 aliphatic carbocycles. The third-order valence-electron chi connectivity index (χ3n) is 8.89. The molecule has 4 fully saturated rings. The molecular weight excluding hydrogens is 432 g/mol. The maximum absolute atomic E-state index is 13.1. The molecule has 0 radical (unpaired) electrons. The number of benzene rings is 2. The molecule has 6 heteroatoms. The van der Waals surface area contributed by atoms with Gasteiger partial charge < -0.3 is 18.9 Å². The van der Waals surface area contributed by atoms with E-state index in [9.17, 15) is 9.59 Å². The van der Waals surface area contributed by atoms with Gasteiger partial charge >= 0.3 is 11.9 Å². The molecule has 2 aromatic rings. The molecule has 4 aliphatic rings. The minimum Gasteiger partial charge on any atom is -0.497 e. The fourth-order valence-corrected chi connectivity index (χ4v) is 7.62. The van der Waals surface area contributed by atoms with Gasteiger partial charge in [-0.1, -0.05) is 0 Å². The Kier molecular flexibility index (Phi) is 5.27. The summed E-state index contributed by atoms with van der Waals surface area (Å²) < 4.78 is 22.7. The zero-order valence-electron chi connectivity index (χ0n) is 19.5. The summed E-state index contributed by atoms with van der Waals surface area (Å²) in [7, 11) is 3.19. The van der Waals surface area contributed by atoms with Crippen LogP contribution in [0.25, 0.3) is 0 Å². The van der Waals surface area contributed by atoms with Crippen molar-refractivity contribution in [2.75, 3.05) is 14.2 Å². The van der Waals surface area contributed by atoms with Gasteiger partial charge in [0.25, 0.3) is 0 Å². The van der Waals surface area contributed by atoms with Crippen molar-refractivity contribution in [1.29, 1.82) is 0 Å². The van der Waals surface area contributed by atoms with Gasteiger partial charge in [-0.2, -0.15) is 0 Å². The van der Waals surface area contributed by atoms with Crippen LogP contribution in [0.3, 0.4) is 0 Å². The molecule has 8 unspecified atom stereocenters. The molecule has 178 valence electrons. The van der Waals surface area contributed by atoms with E-state index in [1.807, 2.05) is 0 Å². The summed E-state index contributed by atoms with van der Waals surface area (Å²) in [6.45, 7) is 0. The van der Waals surface area contributed by atoms with Crippen LogP contribution in [0.4, 0.5) is 0 Å². The number of carbonyl (C=O) groups is 2. The summed E-state index contributed by atoms with van der Waals surface area (Å²) in [6.07, 6.45) is 4.02. The second-order valence-corrected chi connectivity index (χ2v) is 10.2. The summed E-state index contributed by atoms with van der Waals surface area (Å²) in [6, 6.07) is 13.9. The molecule has 0 N–H and O–H groups in total. The van der Waals surface area contributed by atoms with Crippen molar-refractivity contribution in [2.45, 2.75) is 37.9 Å². The molecule has 0 amide bonds. The topological polar surface area (TPSA) is 71.1 Å². The van der Waals surface area contributed by atoms with Crippen LogP contribution in [0.15, 0.2) is 48.5 Å². The van der Waals surface area contributed by atoms with Gasteiger partial charge in [0, 0.05) is 11.8 Å². The number of methoxy groups -OCH3 is 2. The Bertz CT molecular complexity index is 992. The van der Waals surface area contributed by atoms with Gasteiger partial charge in [0.2, 0.25) is 0 Å². The molecule has 4 bridgehead atoms. The van der Waals surface area contributed by atoms with E-state index in [-0.39, 0.29) is 23.8 Å². The fourth-order valence-electron chi connectivity index (χ4n) is 7.62. The van der Waals surface area contributed by atoms with E-state index in [0.717, 1.165) is 18.3 Å². The molecule has 4 saturated carbocycles. The van der Waals surface area contributed by atoms with Gasteiger partial charge in [-0.15, -0.1) is 0 Å². The molecule has 0 saturated heterocycles. The molecule has 34 heavy (non-hydrogen) atoms. The van der Waals surface area contributed by atoms with Gasteiger partial charge in [0.15, 0.2) is 0 Å². The van der Waals surface area contributed by atoms with E-state index in [1.54, 1.807) is 62.8 Å². The summed E-state index contributed by atoms with van der Waals surface area (Å²) in [4.78, 5) is 26.2. The molecule has 6 nitrogen and oxygen atoms in total. The first kappa shape index (κ1) is 21.5. The highest BCUT2D eigenvalue weighted by Gasteiger charge is 2.68. The smallest absolute Gasteiger partial charge is 0.338 e. The lowest BCUT2D eigenvalue weighted by molar-refractivity contribution is -0.0891. The molecule has 6 rings (SSSR count). The average Bonchev–Trinajstić information content (AvgIpc) is 3.65. The number of hydrogen-bond donors (Lipinski definition) is 0. The maximum atomic E-state index is 13.1. The lowest BCUT2D eigenvalue weighted by Gasteiger charge is -2.42. The number of fused-ring (bicyclic) bond motifs is 9. The number of ether oxygens (including phenoxy) is 4. The fraction of sp³-hybridized carbons (Fsp3) is 0.500. The van der Waals surface area contributed by atoms with Crippen LogP contribution in [-0.4, -0.2) is 38.4 Å². The van der Waals surface area contributed by atoms with Crippen molar-refractivity contribution in [1.82, 2.24) is 0 Å². The van der Waals surface area contributed by atoms with Crippen molar-refractivity contribution in [3.05, 3.63) is 59.7 Å². The second-order valence-electron chi connectivity index (χ2n) is 10.2. The minimum absolute atomic E-state index is 0.265. The lowest BCUT2D eigenvalue weighted by atomic mass is 9.69. The van der Waals surface area contributed by atoms with Crippen LogP contribution >= 0.6 is 0 Å². The Morgan fingerprint density at radius 1 is 0.647 bits per heavy atom. The van der Waals surface area contributed by atoms with Crippen LogP contribution < -0.4 is 9.47 Å². The standard InChI is InChI=1S/C28H30O6/c1-31-19-9-5-15(6-10-19)27(29)33-25-21-14-22(24-18-4-3-17(13-18)23(21)24)26(25)34-28(30)16-7-11-20(32-2)12-8-16/h5-12,17-18,21-26H,3-4,13-14H2,1-2H3. The highest BCUT2D eigenvalue weighted by atomic mass is 16.6. The zero-order chi connectivity index (χ0) is 23.4. The van der Waals surface area contributed by atoms with Crippen molar-refractivity contribution in [3.8, 4) is 11.5 Å². The van der Waals surface area contributed by atoms with E-state index in [2.05, 4.69) is 0 Å². The first-order valence-electron chi connectivity index (χ1n) is 12.3. The number of carbonyl (C=O) groups excluding carboxylic acids is 2. The van der Waals surface area contributed by atoms with Crippen LogP contribution in [-0.2, 0) is 9.47 Å². The van der Waals surface area contributed by atoms with Crippen LogP contribution in [0, 0.1) is 35.5 Å². The third kappa shape index (κ3) is 3.38. The van der Waals surface area contributed by atoms with E-state index < -0.39 is 12.2 Å². The third-order valence-corrected chi connectivity index (χ3v) is 8.89. The largest absolute Gasteiger partial charge is 0.497 e. The van der Waals surface area contributed by atoms with Crippen molar-refractivity contribution >= 4 is 11.9 Å². The quantitative estimate of drug-likeness (QED) is 0.455. The van der Waals surface area contributed by atoms with Crippen molar-refractivity contribution < 1.29 is 28.5 Å². The monoisotopic (exact) mass is 462 g/mol. The highest BCUT2D eigenvalue weighted by molar-refractivity contribution is 5.90. The Morgan fingerprint density at radius 2 is 1.06 bits per heavy atom. The van der Waals surface area contributed by atoms with Crippen LogP contribution in [0.5, 0.6) is 11.5 Å². The highest BCUT2D eigenvalue weighted by Crippen LogP contribution is 2.68. The minimum atomic E-state index is -0.401. The van der Waals surface area contributed by atoms with Gasteiger partial charge in [-0.25, -0.2) is 9.59 Å². The second kappa shape index (κ2) is 8.33. The summed E-state index contributed by atoms with van der Waals surface area (Å²) >= 11 is 0. The zero-order valence-corrected chi connectivity index (χ0v) is 19.5. The molecule has 8 atom stereocenters. The van der Waals surface area contributed by atoms with Crippen LogP contribution in [0.1, 0.15) is 46.4 Å². The maximum Gasteiger partial charge on any atom is 0.338 e. The van der Waals surface area contributed by atoms with Gasteiger partial charge in [0.05, 0.1) is 25.3 Å². The van der Waals surface area contributed by atoms with Gasteiger partial charge in [-0.05, 0) is 97.9 Å². The molecule has 0 heterocycles. The first-order chi connectivity index (χ1) is 16.6. The van der Waals surface area contributed by atoms with Gasteiger partial charge in [0.1, 0.15) is 23.7 Å². The Balaban J connectivity index is 1.25. The van der Waals surface area contributed by atoms with Crippen molar-refractivity contribution in [2.24, 2.45) is 35.5 Å². The predicted molar refractivity (Wildman–Crippen MR) is 124 cm³/mol. The molecule has 2 aromatic carbocycles. The summed E-state index contributed by atoms with van der Waals surface area (Å²) in [5.74, 6) is 3.80. The molecular formula is C28H30O6. The number of rotatable bonds is 6. The van der Waals surface area contributed by atoms with E-state index >= 15 is 0 Å². The predicted octanol–water partition coefficient (Wildman–Crippen LogP) is 4.77. The van der Waals surface area contributed by atoms with Crippen LogP contribution in [0.2, 0.25) is 0 Å². The number of esters is 2. The molecule has 0 aliphatic heterocycles. The van der Waals surface area contributed by atoms with E-state index in [0.29, 0.717) is 34.5 Å². The molecule has 0 aromatic heterocycles. The molecule has 0 spiro atoms. The summed E-state index contributed by atoms with van der Waals surface area (Å²) in [5, 5.41) is 0. The summed E-state index contributed by atoms with van der Waals surface area (Å²) in [5.41, 5.74) is 0.960.